The molecule has 0 bridgehead atoms. The molecular weight excluding hydrogens is 300 g/mol. The zero-order valence-corrected chi connectivity index (χ0v) is 13.1. The number of rotatable bonds is 4. The molecule has 1 aliphatic carbocycles. The van der Waals surface area contributed by atoms with Gasteiger partial charge in [-0.1, -0.05) is 48.9 Å². The van der Waals surface area contributed by atoms with Crippen molar-refractivity contribution in [3.8, 4) is 6.07 Å². The lowest BCUT2D eigenvalue weighted by Crippen LogP contribution is -2.44. The van der Waals surface area contributed by atoms with Gasteiger partial charge in [0.1, 0.15) is 5.52 Å². The molecule has 1 aromatic heterocycles. The predicted octanol–water partition coefficient (Wildman–Crippen LogP) is 4.13. The van der Waals surface area contributed by atoms with Crippen LogP contribution in [0.15, 0.2) is 59.0 Å². The van der Waals surface area contributed by atoms with Crippen LogP contribution in [0.2, 0.25) is 0 Å². The van der Waals surface area contributed by atoms with Crippen LogP contribution < -0.4 is 0 Å². The molecule has 1 heterocycles. The first-order valence-corrected chi connectivity index (χ1v) is 8.09. The maximum Gasteiger partial charge on any atom is 0.220 e. The minimum Gasteiger partial charge on any atom is -0.439 e. The summed E-state index contributed by atoms with van der Waals surface area (Å²) in [6.45, 7) is 0. The zero-order chi connectivity index (χ0) is 16.6. The summed E-state index contributed by atoms with van der Waals surface area (Å²) in [6, 6.07) is 19.2. The van der Waals surface area contributed by atoms with E-state index >= 15 is 0 Å². The van der Waals surface area contributed by atoms with E-state index < -0.39 is 11.3 Å². The van der Waals surface area contributed by atoms with Gasteiger partial charge in [0, 0.05) is 0 Å². The summed E-state index contributed by atoms with van der Waals surface area (Å²) in [5.41, 5.74) is 1.67. The molecule has 4 heteroatoms. The average molecular weight is 316 g/mol. The average Bonchev–Trinajstić information content (AvgIpc) is 2.99. The number of nitriles is 1. The fourth-order valence-corrected chi connectivity index (χ4v) is 3.48. The van der Waals surface area contributed by atoms with Crippen molar-refractivity contribution in [2.24, 2.45) is 0 Å². The van der Waals surface area contributed by atoms with Crippen LogP contribution in [0.1, 0.15) is 36.6 Å². The highest BCUT2D eigenvalue weighted by molar-refractivity contribution is 5.98. The molecule has 1 saturated carbocycles. The molecule has 0 aliphatic heterocycles. The number of nitrogens with zero attached hydrogens (tertiary/aromatic N) is 2. The van der Waals surface area contributed by atoms with Gasteiger partial charge in [0.25, 0.3) is 0 Å². The Labute approximate surface area is 139 Å². The lowest BCUT2D eigenvalue weighted by atomic mass is 9.60. The molecule has 0 radical (unpaired) electrons. The van der Waals surface area contributed by atoms with Gasteiger partial charge >= 0.3 is 0 Å². The van der Waals surface area contributed by atoms with Crippen LogP contribution >= 0.6 is 0 Å². The number of para-hydroxylation sites is 2. The van der Waals surface area contributed by atoms with E-state index in [0.29, 0.717) is 11.1 Å². The number of hydrogen-bond acceptors (Lipinski definition) is 4. The third-order valence-electron chi connectivity index (χ3n) is 4.95. The lowest BCUT2D eigenvalue weighted by molar-refractivity contribution is -0.128. The van der Waals surface area contributed by atoms with Gasteiger partial charge in [-0.05, 0) is 30.5 Å². The standard InChI is InChI=1S/C20H16N2O2/c21-13-15(19-22-16-9-4-5-10-17(16)24-19)18(23)20(11-6-12-20)14-7-2-1-3-8-14/h1-5,7-10,15H,6,11-12H2/t15-/m0/s1. The Balaban J connectivity index is 1.75. The van der Waals surface area contributed by atoms with Crippen LogP contribution in [-0.2, 0) is 10.2 Å². The molecule has 118 valence electrons. The van der Waals surface area contributed by atoms with Crippen LogP contribution in [-0.4, -0.2) is 10.8 Å². The molecule has 2 aromatic carbocycles. The summed E-state index contributed by atoms with van der Waals surface area (Å²) in [6.07, 6.45) is 2.54. The smallest absolute Gasteiger partial charge is 0.220 e. The van der Waals surface area contributed by atoms with E-state index in [4.69, 9.17) is 4.42 Å². The second kappa shape index (κ2) is 5.61. The third-order valence-corrected chi connectivity index (χ3v) is 4.95. The summed E-state index contributed by atoms with van der Waals surface area (Å²) >= 11 is 0. The number of carbonyl (C=O) groups excluding carboxylic acids is 1. The third kappa shape index (κ3) is 2.13. The maximum atomic E-state index is 13.2. The number of Topliss-reactive ketones (excluding diaryl/α,β-unsaturated/α-hetero) is 1. The molecule has 1 fully saturated rings. The fourth-order valence-electron chi connectivity index (χ4n) is 3.48. The Morgan fingerprint density at radius 3 is 2.46 bits per heavy atom. The van der Waals surface area contributed by atoms with Gasteiger partial charge in [-0.25, -0.2) is 4.98 Å². The highest BCUT2D eigenvalue weighted by atomic mass is 16.3. The highest BCUT2D eigenvalue weighted by Crippen LogP contribution is 2.47. The Bertz CT molecular complexity index is 900. The molecule has 0 unspecified atom stereocenters. The highest BCUT2D eigenvalue weighted by Gasteiger charge is 2.49. The molecule has 24 heavy (non-hydrogen) atoms. The van der Waals surface area contributed by atoms with Crippen molar-refractivity contribution in [3.05, 3.63) is 66.1 Å². The van der Waals surface area contributed by atoms with Crippen LogP contribution in [0.25, 0.3) is 11.1 Å². The Kier molecular flexibility index (Phi) is 3.42. The van der Waals surface area contributed by atoms with E-state index in [9.17, 15) is 10.1 Å². The molecule has 0 saturated heterocycles. The van der Waals surface area contributed by atoms with Gasteiger partial charge in [-0.3, -0.25) is 4.79 Å². The molecule has 4 rings (SSSR count). The van der Waals surface area contributed by atoms with Gasteiger partial charge in [-0.2, -0.15) is 5.26 Å². The Hall–Kier alpha value is -2.93. The normalized spacial score (nSPS) is 17.0. The number of hydrogen-bond donors (Lipinski definition) is 0. The monoisotopic (exact) mass is 316 g/mol. The van der Waals surface area contributed by atoms with Crippen LogP contribution in [0.4, 0.5) is 0 Å². The fraction of sp³-hybridized carbons (Fsp3) is 0.250. The second-order valence-electron chi connectivity index (χ2n) is 6.25. The van der Waals surface area contributed by atoms with Gasteiger partial charge in [0.2, 0.25) is 5.89 Å². The zero-order valence-electron chi connectivity index (χ0n) is 13.1. The minimum atomic E-state index is -0.974. The second-order valence-corrected chi connectivity index (χ2v) is 6.25. The van der Waals surface area contributed by atoms with Crippen molar-refractivity contribution in [1.82, 2.24) is 4.98 Å². The molecule has 3 aromatic rings. The van der Waals surface area contributed by atoms with Crippen molar-refractivity contribution in [2.45, 2.75) is 30.6 Å². The van der Waals surface area contributed by atoms with E-state index in [2.05, 4.69) is 11.1 Å². The Morgan fingerprint density at radius 1 is 1.12 bits per heavy atom. The largest absolute Gasteiger partial charge is 0.439 e. The van der Waals surface area contributed by atoms with E-state index in [1.165, 1.54) is 0 Å². The maximum absolute atomic E-state index is 13.2. The summed E-state index contributed by atoms with van der Waals surface area (Å²) < 4.78 is 5.69. The van der Waals surface area contributed by atoms with Crippen molar-refractivity contribution >= 4 is 16.9 Å². The number of fused-ring (bicyclic) bond motifs is 1. The molecule has 4 nitrogen and oxygen atoms in total. The van der Waals surface area contributed by atoms with E-state index in [1.54, 1.807) is 6.07 Å². The van der Waals surface area contributed by atoms with Gasteiger partial charge in [0.15, 0.2) is 17.3 Å². The first-order chi connectivity index (χ1) is 11.7. The van der Waals surface area contributed by atoms with Crippen molar-refractivity contribution in [1.29, 1.82) is 5.26 Å². The minimum absolute atomic E-state index is 0.103. The molecule has 0 N–H and O–H groups in total. The number of benzene rings is 2. The van der Waals surface area contributed by atoms with Crippen molar-refractivity contribution < 1.29 is 9.21 Å². The van der Waals surface area contributed by atoms with Crippen LogP contribution in [0.3, 0.4) is 0 Å². The van der Waals surface area contributed by atoms with E-state index in [1.807, 2.05) is 48.5 Å². The topological polar surface area (TPSA) is 66.9 Å². The lowest BCUT2D eigenvalue weighted by Gasteiger charge is -2.41. The van der Waals surface area contributed by atoms with E-state index in [0.717, 1.165) is 24.8 Å². The molecule has 1 atom stereocenters. The summed E-state index contributed by atoms with van der Waals surface area (Å²) in [7, 11) is 0. The SMILES string of the molecule is N#C[C@@H](C(=O)C1(c2ccccc2)CCC1)c1nc2ccccc2o1. The number of oxazole rings is 1. The van der Waals surface area contributed by atoms with E-state index in [-0.39, 0.29) is 11.7 Å². The summed E-state index contributed by atoms with van der Waals surface area (Å²) in [5.74, 6) is -0.877. The van der Waals surface area contributed by atoms with Crippen LogP contribution in [0, 0.1) is 11.3 Å². The first-order valence-electron chi connectivity index (χ1n) is 8.09. The number of carbonyl (C=O) groups is 1. The van der Waals surface area contributed by atoms with Gasteiger partial charge in [-0.15, -0.1) is 0 Å². The Morgan fingerprint density at radius 2 is 1.83 bits per heavy atom. The quantitative estimate of drug-likeness (QED) is 0.726. The number of ketones is 1. The van der Waals surface area contributed by atoms with Crippen molar-refractivity contribution in [3.63, 3.8) is 0 Å². The number of aromatic nitrogens is 1. The van der Waals surface area contributed by atoms with Crippen molar-refractivity contribution in [2.75, 3.05) is 0 Å². The van der Waals surface area contributed by atoms with Gasteiger partial charge in [0.05, 0.1) is 11.5 Å². The summed E-state index contributed by atoms with van der Waals surface area (Å²) in [4.78, 5) is 17.6. The summed E-state index contributed by atoms with van der Waals surface area (Å²) in [5, 5.41) is 9.63. The predicted molar refractivity (Wildman–Crippen MR) is 89.3 cm³/mol. The first kappa shape index (κ1) is 14.6. The van der Waals surface area contributed by atoms with Gasteiger partial charge < -0.3 is 4.42 Å². The molecule has 1 aliphatic rings. The molecule has 0 amide bonds. The van der Waals surface area contributed by atoms with Crippen LogP contribution in [0.5, 0.6) is 0 Å². The molecule has 0 spiro atoms. The molecular formula is C20H16N2O2.